The number of para-hydroxylation sites is 1. The Bertz CT molecular complexity index is 856. The second-order valence-electron chi connectivity index (χ2n) is 5.57. The normalized spacial score (nSPS) is 10.5. The standard InChI is InChI=1S/C20H20N2O3/c1-3-24-20(23)19-12-15(2)21-22(19)17-9-7-8-16(13-17)14-25-18-10-5-4-6-11-18/h4-13H,3,14H2,1-2H3. The fourth-order valence-electron chi connectivity index (χ4n) is 2.51. The van der Waals surface area contributed by atoms with Gasteiger partial charge in [0, 0.05) is 0 Å². The van der Waals surface area contributed by atoms with Crippen LogP contribution in [0.1, 0.15) is 28.7 Å². The smallest absolute Gasteiger partial charge is 0.357 e. The van der Waals surface area contributed by atoms with Gasteiger partial charge in [-0.3, -0.25) is 0 Å². The van der Waals surface area contributed by atoms with E-state index in [1.807, 2.05) is 61.5 Å². The number of nitrogens with zero attached hydrogens (tertiary/aromatic N) is 2. The number of aromatic nitrogens is 2. The zero-order chi connectivity index (χ0) is 17.6. The van der Waals surface area contributed by atoms with Crippen LogP contribution in [0.3, 0.4) is 0 Å². The Kier molecular flexibility index (Phi) is 5.14. The summed E-state index contributed by atoms with van der Waals surface area (Å²) in [4.78, 5) is 12.1. The molecule has 0 spiro atoms. The molecule has 3 aromatic rings. The summed E-state index contributed by atoms with van der Waals surface area (Å²) < 4.78 is 12.5. The molecule has 0 saturated carbocycles. The zero-order valence-corrected chi connectivity index (χ0v) is 14.3. The van der Waals surface area contributed by atoms with E-state index in [4.69, 9.17) is 9.47 Å². The molecule has 2 aromatic carbocycles. The van der Waals surface area contributed by atoms with Gasteiger partial charge in [0.25, 0.3) is 0 Å². The van der Waals surface area contributed by atoms with Gasteiger partial charge in [-0.1, -0.05) is 30.3 Å². The molecule has 0 N–H and O–H groups in total. The first-order valence-corrected chi connectivity index (χ1v) is 8.18. The molecule has 0 amide bonds. The molecule has 0 unspecified atom stereocenters. The monoisotopic (exact) mass is 336 g/mol. The summed E-state index contributed by atoms with van der Waals surface area (Å²) in [6.07, 6.45) is 0. The SMILES string of the molecule is CCOC(=O)c1cc(C)nn1-c1cccc(COc2ccccc2)c1. The highest BCUT2D eigenvalue weighted by molar-refractivity contribution is 5.88. The molecule has 0 fully saturated rings. The van der Waals surface area contributed by atoms with E-state index in [2.05, 4.69) is 5.10 Å². The van der Waals surface area contributed by atoms with Crippen molar-refractivity contribution in [3.63, 3.8) is 0 Å². The minimum absolute atomic E-state index is 0.327. The number of esters is 1. The lowest BCUT2D eigenvalue weighted by Crippen LogP contribution is -2.12. The summed E-state index contributed by atoms with van der Waals surface area (Å²) in [7, 11) is 0. The lowest BCUT2D eigenvalue weighted by atomic mass is 10.2. The Morgan fingerprint density at radius 2 is 1.88 bits per heavy atom. The number of hydrogen-bond donors (Lipinski definition) is 0. The van der Waals surface area contributed by atoms with Crippen molar-refractivity contribution in [2.24, 2.45) is 0 Å². The first kappa shape index (κ1) is 16.8. The maximum absolute atomic E-state index is 12.1. The molecule has 3 rings (SSSR count). The second-order valence-corrected chi connectivity index (χ2v) is 5.57. The van der Waals surface area contributed by atoms with E-state index in [-0.39, 0.29) is 5.97 Å². The van der Waals surface area contributed by atoms with E-state index in [1.54, 1.807) is 17.7 Å². The van der Waals surface area contributed by atoms with Crippen molar-refractivity contribution in [3.05, 3.63) is 77.6 Å². The van der Waals surface area contributed by atoms with Crippen LogP contribution in [0.15, 0.2) is 60.7 Å². The van der Waals surface area contributed by atoms with Crippen molar-refractivity contribution in [2.75, 3.05) is 6.61 Å². The third-order valence-electron chi connectivity index (χ3n) is 3.62. The van der Waals surface area contributed by atoms with E-state index >= 15 is 0 Å². The van der Waals surface area contributed by atoms with E-state index in [9.17, 15) is 4.79 Å². The van der Waals surface area contributed by atoms with Crippen molar-refractivity contribution in [1.29, 1.82) is 0 Å². The maximum atomic E-state index is 12.1. The third kappa shape index (κ3) is 4.07. The van der Waals surface area contributed by atoms with Gasteiger partial charge in [-0.2, -0.15) is 5.10 Å². The second kappa shape index (κ2) is 7.66. The molecule has 1 heterocycles. The maximum Gasteiger partial charge on any atom is 0.357 e. The van der Waals surface area contributed by atoms with Crippen molar-refractivity contribution >= 4 is 5.97 Å². The molecule has 0 aliphatic rings. The zero-order valence-electron chi connectivity index (χ0n) is 14.3. The first-order chi connectivity index (χ1) is 12.2. The van der Waals surface area contributed by atoms with Crippen LogP contribution >= 0.6 is 0 Å². The van der Waals surface area contributed by atoms with Gasteiger partial charge in [0.1, 0.15) is 12.4 Å². The van der Waals surface area contributed by atoms with Gasteiger partial charge in [0.15, 0.2) is 5.69 Å². The lowest BCUT2D eigenvalue weighted by molar-refractivity contribution is 0.0515. The molecule has 5 heteroatoms. The Balaban J connectivity index is 1.83. The molecule has 0 atom stereocenters. The number of ether oxygens (including phenoxy) is 2. The summed E-state index contributed by atoms with van der Waals surface area (Å²) in [5.74, 6) is 0.434. The quantitative estimate of drug-likeness (QED) is 0.640. The van der Waals surface area contributed by atoms with Gasteiger partial charge in [-0.25, -0.2) is 9.48 Å². The van der Waals surface area contributed by atoms with Crippen LogP contribution in [0.2, 0.25) is 0 Å². The van der Waals surface area contributed by atoms with Crippen LogP contribution in [0.4, 0.5) is 0 Å². The van der Waals surface area contributed by atoms with Gasteiger partial charge < -0.3 is 9.47 Å². The molecule has 5 nitrogen and oxygen atoms in total. The van der Waals surface area contributed by atoms with E-state index in [1.165, 1.54) is 0 Å². The number of carbonyl (C=O) groups excluding carboxylic acids is 1. The van der Waals surface area contributed by atoms with Crippen LogP contribution in [0.25, 0.3) is 5.69 Å². The van der Waals surface area contributed by atoms with Crippen molar-refractivity contribution in [3.8, 4) is 11.4 Å². The molecular weight excluding hydrogens is 316 g/mol. The Morgan fingerprint density at radius 1 is 1.08 bits per heavy atom. The Labute approximate surface area is 146 Å². The fraction of sp³-hybridized carbons (Fsp3) is 0.200. The predicted molar refractivity (Wildman–Crippen MR) is 95.0 cm³/mol. The minimum Gasteiger partial charge on any atom is -0.489 e. The number of hydrogen-bond acceptors (Lipinski definition) is 4. The topological polar surface area (TPSA) is 53.3 Å². The summed E-state index contributed by atoms with van der Waals surface area (Å²) in [5.41, 5.74) is 2.96. The molecule has 128 valence electrons. The van der Waals surface area contributed by atoms with E-state index < -0.39 is 0 Å². The Morgan fingerprint density at radius 3 is 2.64 bits per heavy atom. The fourth-order valence-corrected chi connectivity index (χ4v) is 2.51. The molecule has 25 heavy (non-hydrogen) atoms. The number of rotatable bonds is 6. The minimum atomic E-state index is -0.381. The number of aryl methyl sites for hydroxylation is 1. The molecule has 1 aromatic heterocycles. The van der Waals surface area contributed by atoms with Gasteiger partial charge in [0.2, 0.25) is 0 Å². The summed E-state index contributed by atoms with van der Waals surface area (Å²) in [5, 5.41) is 4.42. The van der Waals surface area contributed by atoms with Crippen LogP contribution in [0, 0.1) is 6.92 Å². The lowest BCUT2D eigenvalue weighted by Gasteiger charge is -2.10. The molecular formula is C20H20N2O3. The van der Waals surface area contributed by atoms with Crippen molar-refractivity contribution in [2.45, 2.75) is 20.5 Å². The van der Waals surface area contributed by atoms with E-state index in [0.717, 1.165) is 22.7 Å². The molecule has 0 radical (unpaired) electrons. The van der Waals surface area contributed by atoms with Crippen LogP contribution < -0.4 is 4.74 Å². The average molecular weight is 336 g/mol. The highest BCUT2D eigenvalue weighted by atomic mass is 16.5. The predicted octanol–water partition coefficient (Wildman–Crippen LogP) is 3.94. The highest BCUT2D eigenvalue weighted by Crippen LogP contribution is 2.17. The molecule has 0 aliphatic heterocycles. The first-order valence-electron chi connectivity index (χ1n) is 8.18. The Hall–Kier alpha value is -3.08. The number of benzene rings is 2. The van der Waals surface area contributed by atoms with Gasteiger partial charge in [0.05, 0.1) is 18.0 Å². The van der Waals surface area contributed by atoms with Crippen LogP contribution in [-0.4, -0.2) is 22.4 Å². The summed E-state index contributed by atoms with van der Waals surface area (Å²) in [6, 6.07) is 19.1. The van der Waals surface area contributed by atoms with E-state index in [0.29, 0.717) is 18.9 Å². The number of carbonyl (C=O) groups is 1. The largest absolute Gasteiger partial charge is 0.489 e. The van der Waals surface area contributed by atoms with Crippen LogP contribution in [0.5, 0.6) is 5.75 Å². The van der Waals surface area contributed by atoms with Gasteiger partial charge >= 0.3 is 5.97 Å². The molecule has 0 bridgehead atoms. The molecule has 0 saturated heterocycles. The van der Waals surface area contributed by atoms with Gasteiger partial charge in [-0.15, -0.1) is 0 Å². The van der Waals surface area contributed by atoms with Crippen LogP contribution in [-0.2, 0) is 11.3 Å². The van der Waals surface area contributed by atoms with Gasteiger partial charge in [-0.05, 0) is 49.7 Å². The molecule has 0 aliphatic carbocycles. The average Bonchev–Trinajstić information content (AvgIpc) is 3.03. The third-order valence-corrected chi connectivity index (χ3v) is 3.62. The summed E-state index contributed by atoms with van der Waals surface area (Å²) >= 11 is 0. The van der Waals surface area contributed by atoms with Crippen molar-refractivity contribution in [1.82, 2.24) is 9.78 Å². The van der Waals surface area contributed by atoms with Crippen molar-refractivity contribution < 1.29 is 14.3 Å². The highest BCUT2D eigenvalue weighted by Gasteiger charge is 2.16. The summed E-state index contributed by atoms with van der Waals surface area (Å²) in [6.45, 7) is 4.40.